The van der Waals surface area contributed by atoms with Crippen molar-refractivity contribution in [3.05, 3.63) is 23.8 Å². The summed E-state index contributed by atoms with van der Waals surface area (Å²) >= 11 is 0. The Bertz CT molecular complexity index is 618. The third-order valence-corrected chi connectivity index (χ3v) is 4.29. The van der Waals surface area contributed by atoms with Crippen LogP contribution in [0.5, 0.6) is 0 Å². The molecule has 0 bridgehead atoms. The maximum absolute atomic E-state index is 12.2. The number of benzene rings is 1. The number of nitrogens with one attached hydrogen (secondary N) is 2. The molecule has 0 fully saturated rings. The molecule has 0 atom stereocenters. The van der Waals surface area contributed by atoms with E-state index in [1.807, 2.05) is 6.92 Å². The van der Waals surface area contributed by atoms with Crippen molar-refractivity contribution in [3.8, 4) is 0 Å². The largest absolute Gasteiger partial charge is 0.478 e. The van der Waals surface area contributed by atoms with E-state index in [2.05, 4.69) is 10.0 Å². The van der Waals surface area contributed by atoms with Crippen molar-refractivity contribution in [1.29, 1.82) is 0 Å². The van der Waals surface area contributed by atoms with Gasteiger partial charge in [-0.25, -0.2) is 17.9 Å². The van der Waals surface area contributed by atoms with Crippen LogP contribution in [0.25, 0.3) is 0 Å². The summed E-state index contributed by atoms with van der Waals surface area (Å²) < 4.78 is 26.9. The zero-order chi connectivity index (χ0) is 16.3. The first-order valence-electron chi connectivity index (χ1n) is 6.72. The van der Waals surface area contributed by atoms with E-state index >= 15 is 0 Å². The number of carboxylic acid groups (broad SMARTS) is 1. The van der Waals surface area contributed by atoms with Gasteiger partial charge in [0, 0.05) is 17.8 Å². The van der Waals surface area contributed by atoms with Crippen LogP contribution in [0, 0.1) is 0 Å². The van der Waals surface area contributed by atoms with Crippen LogP contribution in [0.2, 0.25) is 0 Å². The van der Waals surface area contributed by atoms with Crippen LogP contribution in [0.3, 0.4) is 0 Å². The fourth-order valence-corrected chi connectivity index (χ4v) is 3.19. The van der Waals surface area contributed by atoms with Gasteiger partial charge in [0.05, 0.1) is 10.5 Å². The number of aromatic carboxylic acids is 1. The Balaban J connectivity index is 3.22. The van der Waals surface area contributed by atoms with Crippen molar-refractivity contribution in [3.63, 3.8) is 0 Å². The molecular formula is C14H22N2O4S. The first-order chi connectivity index (χ1) is 9.57. The van der Waals surface area contributed by atoms with Gasteiger partial charge in [0.25, 0.3) is 0 Å². The van der Waals surface area contributed by atoms with Crippen molar-refractivity contribution in [1.82, 2.24) is 4.72 Å². The highest BCUT2D eigenvalue weighted by atomic mass is 32.2. The quantitative estimate of drug-likeness (QED) is 0.748. The Labute approximate surface area is 125 Å². The zero-order valence-corrected chi connectivity index (χ0v) is 13.5. The standard InChI is InChI=1S/C14H22N2O4S/c1-5-8-15-12-7-6-10(9-11(12)13(17)18)21(19,20)16-14(2,3)4/h6-7,9,15-16H,5,8H2,1-4H3,(H,17,18). The maximum Gasteiger partial charge on any atom is 0.337 e. The van der Waals surface area contributed by atoms with Crippen LogP contribution in [0.1, 0.15) is 44.5 Å². The molecule has 1 aromatic rings. The first-order valence-corrected chi connectivity index (χ1v) is 8.20. The highest BCUT2D eigenvalue weighted by Gasteiger charge is 2.23. The molecular weight excluding hydrogens is 292 g/mol. The molecule has 0 aromatic heterocycles. The SMILES string of the molecule is CCCNc1ccc(S(=O)(=O)NC(C)(C)C)cc1C(=O)O. The van der Waals surface area contributed by atoms with Gasteiger partial charge in [0.2, 0.25) is 10.0 Å². The second-order valence-corrected chi connectivity index (χ2v) is 7.48. The van der Waals surface area contributed by atoms with E-state index in [-0.39, 0.29) is 10.5 Å². The third kappa shape index (κ3) is 5.02. The summed E-state index contributed by atoms with van der Waals surface area (Å²) in [6.45, 7) is 7.74. The number of hydrogen-bond acceptors (Lipinski definition) is 4. The van der Waals surface area contributed by atoms with Crippen LogP contribution in [0.15, 0.2) is 23.1 Å². The minimum absolute atomic E-state index is 0.0553. The molecule has 0 spiro atoms. The van der Waals surface area contributed by atoms with Gasteiger partial charge in [0.1, 0.15) is 0 Å². The fourth-order valence-electron chi connectivity index (χ4n) is 1.74. The zero-order valence-electron chi connectivity index (χ0n) is 12.7. The lowest BCUT2D eigenvalue weighted by Crippen LogP contribution is -2.40. The van der Waals surface area contributed by atoms with Gasteiger partial charge in [0.15, 0.2) is 0 Å². The highest BCUT2D eigenvalue weighted by Crippen LogP contribution is 2.21. The molecule has 0 saturated heterocycles. The van der Waals surface area contributed by atoms with E-state index in [0.29, 0.717) is 12.2 Å². The van der Waals surface area contributed by atoms with E-state index in [0.717, 1.165) is 6.42 Å². The Hall–Kier alpha value is -1.60. The molecule has 0 aliphatic heterocycles. The number of anilines is 1. The summed E-state index contributed by atoms with van der Waals surface area (Å²) in [6, 6.07) is 4.06. The van der Waals surface area contributed by atoms with Crippen molar-refractivity contribution >= 4 is 21.7 Å². The van der Waals surface area contributed by atoms with Crippen molar-refractivity contribution in [2.45, 2.75) is 44.6 Å². The Morgan fingerprint density at radius 2 is 1.90 bits per heavy atom. The van der Waals surface area contributed by atoms with Gasteiger partial charge in [-0.15, -0.1) is 0 Å². The second-order valence-electron chi connectivity index (χ2n) is 5.79. The molecule has 0 amide bonds. The highest BCUT2D eigenvalue weighted by molar-refractivity contribution is 7.89. The van der Waals surface area contributed by atoms with Crippen LogP contribution in [0.4, 0.5) is 5.69 Å². The molecule has 0 aliphatic rings. The van der Waals surface area contributed by atoms with E-state index in [1.54, 1.807) is 20.8 Å². The fraction of sp³-hybridized carbons (Fsp3) is 0.500. The average Bonchev–Trinajstić information content (AvgIpc) is 2.33. The molecule has 0 unspecified atom stereocenters. The average molecular weight is 314 g/mol. The summed E-state index contributed by atoms with van der Waals surface area (Å²) in [5, 5.41) is 12.2. The summed E-state index contributed by atoms with van der Waals surface area (Å²) in [4.78, 5) is 11.2. The number of sulfonamides is 1. The summed E-state index contributed by atoms with van der Waals surface area (Å²) in [7, 11) is -3.75. The first kappa shape index (κ1) is 17.5. The molecule has 3 N–H and O–H groups in total. The van der Waals surface area contributed by atoms with E-state index in [1.165, 1.54) is 18.2 Å². The van der Waals surface area contributed by atoms with Crippen LogP contribution in [-0.2, 0) is 10.0 Å². The Kier molecular flexibility index (Phi) is 5.36. The van der Waals surface area contributed by atoms with Gasteiger partial charge in [-0.05, 0) is 45.4 Å². The lowest BCUT2D eigenvalue weighted by Gasteiger charge is -2.20. The lowest BCUT2D eigenvalue weighted by molar-refractivity contribution is 0.0697. The predicted octanol–water partition coefficient (Wildman–Crippen LogP) is 2.28. The smallest absolute Gasteiger partial charge is 0.337 e. The molecule has 0 heterocycles. The number of rotatable bonds is 6. The number of carboxylic acids is 1. The minimum Gasteiger partial charge on any atom is -0.478 e. The molecule has 7 heteroatoms. The molecule has 0 aliphatic carbocycles. The van der Waals surface area contributed by atoms with Crippen LogP contribution in [-0.4, -0.2) is 31.6 Å². The third-order valence-electron chi connectivity index (χ3n) is 2.54. The monoisotopic (exact) mass is 314 g/mol. The maximum atomic E-state index is 12.2. The molecule has 1 aromatic carbocycles. The van der Waals surface area contributed by atoms with Gasteiger partial charge >= 0.3 is 5.97 Å². The Morgan fingerprint density at radius 1 is 1.29 bits per heavy atom. The Morgan fingerprint density at radius 3 is 2.38 bits per heavy atom. The second kappa shape index (κ2) is 6.44. The van der Waals surface area contributed by atoms with Gasteiger partial charge in [-0.2, -0.15) is 0 Å². The minimum atomic E-state index is -3.75. The molecule has 0 radical (unpaired) electrons. The summed E-state index contributed by atoms with van der Waals surface area (Å²) in [5.74, 6) is -1.17. The van der Waals surface area contributed by atoms with Crippen LogP contribution >= 0.6 is 0 Å². The van der Waals surface area contributed by atoms with E-state index in [9.17, 15) is 18.3 Å². The summed E-state index contributed by atoms with van der Waals surface area (Å²) in [5.41, 5.74) is -0.277. The van der Waals surface area contributed by atoms with Gasteiger partial charge in [-0.3, -0.25) is 0 Å². The topological polar surface area (TPSA) is 95.5 Å². The van der Waals surface area contributed by atoms with E-state index < -0.39 is 21.5 Å². The molecule has 0 saturated carbocycles. The van der Waals surface area contributed by atoms with Crippen LogP contribution < -0.4 is 10.0 Å². The predicted molar refractivity (Wildman–Crippen MR) is 82.3 cm³/mol. The van der Waals surface area contributed by atoms with Gasteiger partial charge < -0.3 is 10.4 Å². The van der Waals surface area contributed by atoms with Crippen molar-refractivity contribution in [2.24, 2.45) is 0 Å². The van der Waals surface area contributed by atoms with Crippen molar-refractivity contribution in [2.75, 3.05) is 11.9 Å². The molecule has 6 nitrogen and oxygen atoms in total. The lowest BCUT2D eigenvalue weighted by atomic mass is 10.1. The molecule has 21 heavy (non-hydrogen) atoms. The van der Waals surface area contributed by atoms with Crippen molar-refractivity contribution < 1.29 is 18.3 Å². The van der Waals surface area contributed by atoms with Gasteiger partial charge in [-0.1, -0.05) is 6.92 Å². The normalized spacial score (nSPS) is 12.2. The number of carbonyl (C=O) groups is 1. The van der Waals surface area contributed by atoms with E-state index in [4.69, 9.17) is 0 Å². The summed E-state index contributed by atoms with van der Waals surface area (Å²) in [6.07, 6.45) is 0.838. The molecule has 118 valence electrons. The number of hydrogen-bond donors (Lipinski definition) is 3. The molecule has 1 rings (SSSR count).